The van der Waals surface area contributed by atoms with Crippen LogP contribution in [0.4, 0.5) is 0 Å². The summed E-state index contributed by atoms with van der Waals surface area (Å²) in [7, 11) is 0. The zero-order chi connectivity index (χ0) is 17.2. The lowest BCUT2D eigenvalue weighted by molar-refractivity contribution is -0.419. The maximum atomic E-state index is 10.8. The average Bonchev–Trinajstić information content (AvgIpc) is 2.81. The highest BCUT2D eigenvalue weighted by Gasteiger charge is 2.30. The van der Waals surface area contributed by atoms with Crippen molar-refractivity contribution in [3.8, 4) is 0 Å². The molecule has 1 saturated heterocycles. The van der Waals surface area contributed by atoms with Gasteiger partial charge in [0.25, 0.3) is 5.70 Å². The molecule has 0 aromatic carbocycles. The van der Waals surface area contributed by atoms with E-state index in [2.05, 4.69) is 11.5 Å². The van der Waals surface area contributed by atoms with E-state index in [1.807, 2.05) is 13.8 Å². The molecule has 2 atom stereocenters. The van der Waals surface area contributed by atoms with E-state index in [-0.39, 0.29) is 10.6 Å². The number of fused-ring (bicyclic) bond motifs is 1. The molecule has 1 saturated carbocycles. The Kier molecular flexibility index (Phi) is 8.67. The Hall–Kier alpha value is -1.58. The smallest absolute Gasteiger partial charge is 0.265 e. The number of nitro groups is 1. The molecule has 4 heteroatoms. The molecule has 1 heterocycles. The Morgan fingerprint density at radius 3 is 2.39 bits per heavy atom. The molecule has 0 spiro atoms. The highest BCUT2D eigenvalue weighted by molar-refractivity contribution is 5.22. The van der Waals surface area contributed by atoms with Gasteiger partial charge in [0.2, 0.25) is 0 Å². The van der Waals surface area contributed by atoms with Gasteiger partial charge >= 0.3 is 0 Å². The summed E-state index contributed by atoms with van der Waals surface area (Å²) in [6.07, 6.45) is 12.9. The van der Waals surface area contributed by atoms with Gasteiger partial charge in [0.05, 0.1) is 4.92 Å². The van der Waals surface area contributed by atoms with Gasteiger partial charge in [0.1, 0.15) is 0 Å². The molecule has 2 fully saturated rings. The molecule has 0 radical (unpaired) electrons. The Balaban J connectivity index is 0.00000127. The Morgan fingerprint density at radius 2 is 1.78 bits per heavy atom. The van der Waals surface area contributed by atoms with Crippen LogP contribution in [0.15, 0.2) is 36.2 Å². The van der Waals surface area contributed by atoms with E-state index in [9.17, 15) is 10.1 Å². The molecule has 4 nitrogen and oxygen atoms in total. The Bertz CT molecular complexity index is 454. The second-order valence-electron chi connectivity index (χ2n) is 6.19. The minimum atomic E-state index is -0.360. The summed E-state index contributed by atoms with van der Waals surface area (Å²) in [6, 6.07) is 0. The monoisotopic (exact) mass is 320 g/mol. The van der Waals surface area contributed by atoms with Gasteiger partial charge in [-0.1, -0.05) is 46.1 Å². The summed E-state index contributed by atoms with van der Waals surface area (Å²) in [4.78, 5) is 12.7. The van der Waals surface area contributed by atoms with Crippen molar-refractivity contribution in [3.63, 3.8) is 0 Å². The first-order valence-electron chi connectivity index (χ1n) is 9.04. The van der Waals surface area contributed by atoms with Crippen molar-refractivity contribution >= 4 is 0 Å². The quantitative estimate of drug-likeness (QED) is 0.408. The molecule has 23 heavy (non-hydrogen) atoms. The van der Waals surface area contributed by atoms with Gasteiger partial charge < -0.3 is 4.90 Å². The van der Waals surface area contributed by atoms with Gasteiger partial charge in [-0.15, -0.1) is 0 Å². The van der Waals surface area contributed by atoms with Crippen LogP contribution in [-0.2, 0) is 0 Å². The van der Waals surface area contributed by atoms with E-state index in [0.29, 0.717) is 0 Å². The Morgan fingerprint density at radius 1 is 1.13 bits per heavy atom. The van der Waals surface area contributed by atoms with Gasteiger partial charge in [-0.25, -0.2) is 0 Å². The first kappa shape index (κ1) is 19.5. The fraction of sp³-hybridized carbons (Fsp3) is 0.684. The van der Waals surface area contributed by atoms with Gasteiger partial charge in [0.15, 0.2) is 0 Å². The third kappa shape index (κ3) is 5.85. The van der Waals surface area contributed by atoms with Gasteiger partial charge in [-0.05, 0) is 43.8 Å². The van der Waals surface area contributed by atoms with Crippen LogP contribution in [0.3, 0.4) is 0 Å². The van der Waals surface area contributed by atoms with Crippen LogP contribution < -0.4 is 0 Å². The third-order valence-corrected chi connectivity index (χ3v) is 4.90. The Labute approximate surface area is 141 Å². The van der Waals surface area contributed by atoms with E-state index >= 15 is 0 Å². The van der Waals surface area contributed by atoms with Crippen molar-refractivity contribution < 1.29 is 4.92 Å². The maximum Gasteiger partial charge on any atom is 0.265 e. The van der Waals surface area contributed by atoms with Crippen molar-refractivity contribution in [2.45, 2.75) is 59.3 Å². The van der Waals surface area contributed by atoms with Crippen molar-refractivity contribution in [2.75, 3.05) is 13.1 Å². The SMILES string of the molecule is C=C(/C=C\C(=C/C)[N+](=O)[O-])N1CCC2CCCCCC2C1.CC. The number of piperidine rings is 1. The maximum absolute atomic E-state index is 10.8. The molecule has 130 valence electrons. The lowest BCUT2D eigenvalue weighted by atomic mass is 9.82. The van der Waals surface area contributed by atoms with Crippen LogP contribution >= 0.6 is 0 Å². The molecule has 0 aromatic rings. The minimum absolute atomic E-state index is 0.125. The summed E-state index contributed by atoms with van der Waals surface area (Å²) >= 11 is 0. The largest absolute Gasteiger partial charge is 0.372 e. The second-order valence-corrected chi connectivity index (χ2v) is 6.19. The van der Waals surface area contributed by atoms with E-state index in [1.165, 1.54) is 44.6 Å². The second kappa shape index (κ2) is 10.2. The summed E-state index contributed by atoms with van der Waals surface area (Å²) in [5.74, 6) is 1.66. The topological polar surface area (TPSA) is 46.4 Å². The first-order valence-corrected chi connectivity index (χ1v) is 9.04. The van der Waals surface area contributed by atoms with E-state index in [1.54, 1.807) is 19.1 Å². The zero-order valence-electron chi connectivity index (χ0n) is 15.0. The summed E-state index contributed by atoms with van der Waals surface area (Å²) < 4.78 is 0. The molecule has 0 N–H and O–H groups in total. The number of rotatable bonds is 4. The van der Waals surface area contributed by atoms with Crippen molar-refractivity contribution in [1.82, 2.24) is 4.90 Å². The lowest BCUT2D eigenvalue weighted by Crippen LogP contribution is -2.38. The van der Waals surface area contributed by atoms with Crippen molar-refractivity contribution in [3.05, 3.63) is 46.3 Å². The number of likely N-dealkylation sites (tertiary alicyclic amines) is 1. The molecule has 0 aromatic heterocycles. The number of hydrogen-bond acceptors (Lipinski definition) is 3. The molecule has 2 rings (SSSR count). The molecule has 1 aliphatic carbocycles. The molecule has 1 aliphatic heterocycles. The van der Waals surface area contributed by atoms with E-state index in [0.717, 1.165) is 30.6 Å². The minimum Gasteiger partial charge on any atom is -0.372 e. The molecular formula is C19H32N2O2. The van der Waals surface area contributed by atoms with Gasteiger partial charge in [0, 0.05) is 24.9 Å². The highest BCUT2D eigenvalue weighted by Crippen LogP contribution is 2.35. The molecular weight excluding hydrogens is 288 g/mol. The molecule has 0 bridgehead atoms. The van der Waals surface area contributed by atoms with Gasteiger partial charge in [-0.3, -0.25) is 10.1 Å². The highest BCUT2D eigenvalue weighted by atomic mass is 16.6. The predicted molar refractivity (Wildman–Crippen MR) is 96.6 cm³/mol. The van der Waals surface area contributed by atoms with Crippen LogP contribution in [0.2, 0.25) is 0 Å². The molecule has 2 unspecified atom stereocenters. The average molecular weight is 320 g/mol. The standard InChI is InChI=1S/C17H26N2O2.C2H6/c1-3-17(19(20)21)10-9-14(2)18-12-11-15-7-5-4-6-8-16(15)13-18;1-2/h3,9-10,15-16H,2,4-8,11-13H2,1H3;1-2H3/b10-9-,17-3+;. The van der Waals surface area contributed by atoms with Crippen molar-refractivity contribution in [2.24, 2.45) is 11.8 Å². The van der Waals surface area contributed by atoms with Crippen LogP contribution in [0, 0.1) is 22.0 Å². The lowest BCUT2D eigenvalue weighted by Gasteiger charge is -2.39. The molecule has 2 aliphatic rings. The van der Waals surface area contributed by atoms with Crippen molar-refractivity contribution in [1.29, 1.82) is 0 Å². The van der Waals surface area contributed by atoms with Crippen LogP contribution in [0.25, 0.3) is 0 Å². The number of allylic oxidation sites excluding steroid dienone is 3. The summed E-state index contributed by atoms with van der Waals surface area (Å²) in [5, 5.41) is 10.8. The van der Waals surface area contributed by atoms with Gasteiger partial charge in [-0.2, -0.15) is 0 Å². The first-order chi connectivity index (χ1) is 11.1. The fourth-order valence-corrected chi connectivity index (χ4v) is 3.59. The van der Waals surface area contributed by atoms with Crippen LogP contribution in [-0.4, -0.2) is 22.9 Å². The van der Waals surface area contributed by atoms with E-state index in [4.69, 9.17) is 0 Å². The normalized spacial score (nSPS) is 25.2. The molecule has 0 amide bonds. The fourth-order valence-electron chi connectivity index (χ4n) is 3.59. The number of hydrogen-bond donors (Lipinski definition) is 0. The summed E-state index contributed by atoms with van der Waals surface area (Å²) in [5.41, 5.74) is 1.03. The van der Waals surface area contributed by atoms with Crippen LogP contribution in [0.5, 0.6) is 0 Å². The third-order valence-electron chi connectivity index (χ3n) is 4.90. The number of nitrogens with zero attached hydrogens (tertiary/aromatic N) is 2. The predicted octanol–water partition coefficient (Wildman–Crippen LogP) is 5.17. The zero-order valence-corrected chi connectivity index (χ0v) is 15.0. The summed E-state index contributed by atoms with van der Waals surface area (Å²) in [6.45, 7) is 11.9. The van der Waals surface area contributed by atoms with Crippen LogP contribution in [0.1, 0.15) is 59.3 Å². The van der Waals surface area contributed by atoms with E-state index < -0.39 is 0 Å².